The summed E-state index contributed by atoms with van der Waals surface area (Å²) >= 11 is 0. The quantitative estimate of drug-likeness (QED) is 0.777. The van der Waals surface area contributed by atoms with Gasteiger partial charge in [-0.3, -0.25) is 0 Å². The Bertz CT molecular complexity index is 266. The van der Waals surface area contributed by atoms with Crippen LogP contribution in [0.15, 0.2) is 24.3 Å². The molecule has 0 aromatic heterocycles. The van der Waals surface area contributed by atoms with Gasteiger partial charge in [0.1, 0.15) is 0 Å². The molecule has 0 atom stereocenters. The highest BCUT2D eigenvalue weighted by atomic mass is 14.7. The smallest absolute Gasteiger partial charge is 0.00971 e. The Kier molecular flexibility index (Phi) is 3.70. The average Bonchev–Trinajstić information content (AvgIpc) is 2.06. The molecular formula is C13H21N. The number of benzene rings is 1. The van der Waals surface area contributed by atoms with Gasteiger partial charge in [0.15, 0.2) is 0 Å². The van der Waals surface area contributed by atoms with Crippen LogP contribution in [0.4, 0.5) is 0 Å². The van der Waals surface area contributed by atoms with E-state index in [1.54, 1.807) is 0 Å². The molecule has 14 heavy (non-hydrogen) atoms. The lowest BCUT2D eigenvalue weighted by Crippen LogP contribution is -2.31. The molecule has 1 aromatic rings. The first kappa shape index (κ1) is 11.3. The molecule has 0 amide bonds. The fraction of sp³-hybridized carbons (Fsp3) is 0.538. The van der Waals surface area contributed by atoms with Crippen molar-refractivity contribution in [2.24, 2.45) is 5.73 Å². The largest absolute Gasteiger partial charge is 0.326 e. The van der Waals surface area contributed by atoms with Gasteiger partial charge in [0.2, 0.25) is 0 Å². The summed E-state index contributed by atoms with van der Waals surface area (Å²) in [5.74, 6) is 0. The highest BCUT2D eigenvalue weighted by Gasteiger charge is 2.09. The highest BCUT2D eigenvalue weighted by Crippen LogP contribution is 2.12. The normalized spacial score (nSPS) is 11.7. The Morgan fingerprint density at radius 1 is 1.14 bits per heavy atom. The van der Waals surface area contributed by atoms with Crippen LogP contribution < -0.4 is 5.73 Å². The van der Waals surface area contributed by atoms with E-state index in [2.05, 4.69) is 45.0 Å². The lowest BCUT2D eigenvalue weighted by atomic mass is 9.96. The predicted molar refractivity (Wildman–Crippen MR) is 62.4 cm³/mol. The molecule has 0 unspecified atom stereocenters. The van der Waals surface area contributed by atoms with E-state index in [0.717, 1.165) is 12.8 Å². The van der Waals surface area contributed by atoms with E-state index in [9.17, 15) is 0 Å². The van der Waals surface area contributed by atoms with Crippen LogP contribution in [0.25, 0.3) is 0 Å². The van der Waals surface area contributed by atoms with E-state index in [1.807, 2.05) is 0 Å². The zero-order valence-electron chi connectivity index (χ0n) is 9.51. The maximum absolute atomic E-state index is 5.92. The third kappa shape index (κ3) is 4.43. The minimum atomic E-state index is -0.0231. The molecule has 0 radical (unpaired) electrons. The Morgan fingerprint density at radius 2 is 1.71 bits per heavy atom. The van der Waals surface area contributed by atoms with Crippen LogP contribution in [0.5, 0.6) is 0 Å². The maximum Gasteiger partial charge on any atom is 0.00971 e. The number of nitrogens with two attached hydrogens (primary N) is 1. The molecule has 0 heterocycles. The molecule has 0 bridgehead atoms. The summed E-state index contributed by atoms with van der Waals surface area (Å²) in [7, 11) is 0. The predicted octanol–water partition coefficient (Wildman–Crippen LogP) is 3.06. The maximum atomic E-state index is 5.92. The molecule has 0 spiro atoms. The Balaban J connectivity index is 2.35. The minimum Gasteiger partial charge on any atom is -0.326 e. The molecule has 0 saturated heterocycles. The van der Waals surface area contributed by atoms with Crippen LogP contribution in [0.2, 0.25) is 0 Å². The summed E-state index contributed by atoms with van der Waals surface area (Å²) in [6.07, 6.45) is 3.40. The fourth-order valence-corrected chi connectivity index (χ4v) is 1.50. The molecule has 1 nitrogen and oxygen atoms in total. The van der Waals surface area contributed by atoms with Gasteiger partial charge in [-0.05, 0) is 45.6 Å². The second-order valence-electron chi connectivity index (χ2n) is 4.83. The van der Waals surface area contributed by atoms with Crippen molar-refractivity contribution in [3.8, 4) is 0 Å². The molecule has 0 aliphatic rings. The fourth-order valence-electron chi connectivity index (χ4n) is 1.50. The summed E-state index contributed by atoms with van der Waals surface area (Å²) in [4.78, 5) is 0. The van der Waals surface area contributed by atoms with E-state index >= 15 is 0 Å². The van der Waals surface area contributed by atoms with E-state index < -0.39 is 0 Å². The third-order valence-electron chi connectivity index (χ3n) is 2.41. The Morgan fingerprint density at radius 3 is 2.21 bits per heavy atom. The Hall–Kier alpha value is -0.820. The van der Waals surface area contributed by atoms with Crippen molar-refractivity contribution in [3.63, 3.8) is 0 Å². The molecule has 78 valence electrons. The van der Waals surface area contributed by atoms with Gasteiger partial charge in [0, 0.05) is 5.54 Å². The monoisotopic (exact) mass is 191 g/mol. The van der Waals surface area contributed by atoms with Crippen molar-refractivity contribution < 1.29 is 0 Å². The van der Waals surface area contributed by atoms with Gasteiger partial charge >= 0.3 is 0 Å². The van der Waals surface area contributed by atoms with Crippen LogP contribution in [0.3, 0.4) is 0 Å². The third-order valence-corrected chi connectivity index (χ3v) is 2.41. The van der Waals surface area contributed by atoms with Crippen molar-refractivity contribution >= 4 is 0 Å². The SMILES string of the molecule is Cc1ccc(CCCC(C)(C)N)cc1. The van der Waals surface area contributed by atoms with E-state index in [0.29, 0.717) is 0 Å². The molecule has 0 aliphatic carbocycles. The molecule has 1 aromatic carbocycles. The van der Waals surface area contributed by atoms with Gasteiger partial charge in [-0.2, -0.15) is 0 Å². The molecule has 2 N–H and O–H groups in total. The van der Waals surface area contributed by atoms with Gasteiger partial charge in [-0.15, -0.1) is 0 Å². The summed E-state index contributed by atoms with van der Waals surface area (Å²) in [5, 5.41) is 0. The van der Waals surface area contributed by atoms with Crippen molar-refractivity contribution in [2.75, 3.05) is 0 Å². The molecule has 1 rings (SSSR count). The van der Waals surface area contributed by atoms with Gasteiger partial charge < -0.3 is 5.73 Å². The summed E-state index contributed by atoms with van der Waals surface area (Å²) in [6, 6.07) is 8.75. The zero-order valence-corrected chi connectivity index (χ0v) is 9.51. The molecule has 0 saturated carbocycles. The van der Waals surface area contributed by atoms with E-state index in [4.69, 9.17) is 5.73 Å². The van der Waals surface area contributed by atoms with Crippen LogP contribution in [0.1, 0.15) is 37.8 Å². The number of rotatable bonds is 4. The van der Waals surface area contributed by atoms with Gasteiger partial charge in [-0.25, -0.2) is 0 Å². The highest BCUT2D eigenvalue weighted by molar-refractivity contribution is 5.21. The van der Waals surface area contributed by atoms with Crippen molar-refractivity contribution in [1.29, 1.82) is 0 Å². The second kappa shape index (κ2) is 4.61. The average molecular weight is 191 g/mol. The van der Waals surface area contributed by atoms with Crippen LogP contribution >= 0.6 is 0 Å². The first-order valence-electron chi connectivity index (χ1n) is 5.32. The van der Waals surface area contributed by atoms with Crippen molar-refractivity contribution in [2.45, 2.75) is 45.6 Å². The molecular weight excluding hydrogens is 170 g/mol. The van der Waals surface area contributed by atoms with E-state index in [1.165, 1.54) is 17.5 Å². The van der Waals surface area contributed by atoms with Gasteiger partial charge in [0.05, 0.1) is 0 Å². The van der Waals surface area contributed by atoms with Crippen molar-refractivity contribution in [3.05, 3.63) is 35.4 Å². The first-order valence-corrected chi connectivity index (χ1v) is 5.32. The number of hydrogen-bond acceptors (Lipinski definition) is 1. The topological polar surface area (TPSA) is 26.0 Å². The second-order valence-corrected chi connectivity index (χ2v) is 4.83. The standard InChI is InChI=1S/C13H21N/c1-11-6-8-12(9-7-11)5-4-10-13(2,3)14/h6-9H,4-5,10,14H2,1-3H3. The summed E-state index contributed by atoms with van der Waals surface area (Å²) < 4.78 is 0. The molecule has 0 fully saturated rings. The summed E-state index contributed by atoms with van der Waals surface area (Å²) in [5.41, 5.74) is 8.64. The molecule has 0 aliphatic heterocycles. The first-order chi connectivity index (χ1) is 6.47. The molecule has 1 heteroatoms. The minimum absolute atomic E-state index is 0.0231. The van der Waals surface area contributed by atoms with E-state index in [-0.39, 0.29) is 5.54 Å². The van der Waals surface area contributed by atoms with Gasteiger partial charge in [0.25, 0.3) is 0 Å². The van der Waals surface area contributed by atoms with Crippen LogP contribution in [0, 0.1) is 6.92 Å². The lowest BCUT2D eigenvalue weighted by molar-refractivity contribution is 0.459. The Labute approximate surface area is 87.3 Å². The number of aryl methyl sites for hydroxylation is 2. The summed E-state index contributed by atoms with van der Waals surface area (Å²) in [6.45, 7) is 6.29. The van der Waals surface area contributed by atoms with Crippen molar-refractivity contribution in [1.82, 2.24) is 0 Å². The van der Waals surface area contributed by atoms with Gasteiger partial charge in [-0.1, -0.05) is 29.8 Å². The zero-order chi connectivity index (χ0) is 10.6. The van der Waals surface area contributed by atoms with Crippen LogP contribution in [-0.4, -0.2) is 5.54 Å². The lowest BCUT2D eigenvalue weighted by Gasteiger charge is -2.17. The number of hydrogen-bond donors (Lipinski definition) is 1. The van der Waals surface area contributed by atoms with Crippen LogP contribution in [-0.2, 0) is 6.42 Å².